The summed E-state index contributed by atoms with van der Waals surface area (Å²) in [7, 11) is 0. The highest BCUT2D eigenvalue weighted by molar-refractivity contribution is 9.10. The van der Waals surface area contributed by atoms with E-state index in [0.717, 1.165) is 43.4 Å². The molecule has 0 saturated heterocycles. The third-order valence-electron chi connectivity index (χ3n) is 4.51. The SMILES string of the molecule is Cc1ccc(-c2nc3ccc(Br)cc3c3nc4ccccc4n23)cc1. The minimum Gasteiger partial charge on any atom is -0.276 e. The van der Waals surface area contributed by atoms with Crippen LogP contribution in [-0.4, -0.2) is 14.4 Å². The van der Waals surface area contributed by atoms with Crippen LogP contribution in [0.4, 0.5) is 0 Å². The first-order valence-electron chi connectivity index (χ1n) is 8.14. The molecule has 0 aliphatic heterocycles. The van der Waals surface area contributed by atoms with Gasteiger partial charge in [0.15, 0.2) is 0 Å². The zero-order valence-electron chi connectivity index (χ0n) is 13.6. The normalized spacial score (nSPS) is 11.6. The summed E-state index contributed by atoms with van der Waals surface area (Å²) < 4.78 is 3.19. The Morgan fingerprint density at radius 2 is 1.64 bits per heavy atom. The first-order chi connectivity index (χ1) is 12.2. The van der Waals surface area contributed by atoms with E-state index < -0.39 is 0 Å². The monoisotopic (exact) mass is 387 g/mol. The van der Waals surface area contributed by atoms with Gasteiger partial charge in [0.2, 0.25) is 0 Å². The van der Waals surface area contributed by atoms with Crippen molar-refractivity contribution < 1.29 is 0 Å². The Labute approximate surface area is 153 Å². The lowest BCUT2D eigenvalue weighted by Crippen LogP contribution is -1.98. The number of benzene rings is 3. The highest BCUT2D eigenvalue weighted by Crippen LogP contribution is 2.30. The van der Waals surface area contributed by atoms with E-state index in [1.807, 2.05) is 30.3 Å². The van der Waals surface area contributed by atoms with Crippen molar-refractivity contribution in [1.29, 1.82) is 0 Å². The molecule has 2 aromatic heterocycles. The van der Waals surface area contributed by atoms with Crippen molar-refractivity contribution in [3.8, 4) is 11.4 Å². The fourth-order valence-electron chi connectivity index (χ4n) is 3.27. The maximum Gasteiger partial charge on any atom is 0.149 e. The fraction of sp³-hybridized carbons (Fsp3) is 0.0476. The number of aryl methyl sites for hydroxylation is 1. The number of para-hydroxylation sites is 2. The average Bonchev–Trinajstić information content (AvgIpc) is 3.02. The molecule has 0 aliphatic rings. The first kappa shape index (κ1) is 14.6. The van der Waals surface area contributed by atoms with Crippen molar-refractivity contribution in [3.63, 3.8) is 0 Å². The summed E-state index contributed by atoms with van der Waals surface area (Å²) in [5.74, 6) is 0.915. The number of rotatable bonds is 1. The van der Waals surface area contributed by atoms with Crippen LogP contribution in [0.3, 0.4) is 0 Å². The molecule has 0 bridgehead atoms. The van der Waals surface area contributed by atoms with E-state index in [1.54, 1.807) is 0 Å². The number of halogens is 1. The van der Waals surface area contributed by atoms with E-state index in [9.17, 15) is 0 Å². The van der Waals surface area contributed by atoms with Crippen molar-refractivity contribution in [2.24, 2.45) is 0 Å². The molecular weight excluding hydrogens is 374 g/mol. The van der Waals surface area contributed by atoms with E-state index in [4.69, 9.17) is 9.97 Å². The van der Waals surface area contributed by atoms with Crippen molar-refractivity contribution in [2.45, 2.75) is 6.92 Å². The van der Waals surface area contributed by atoms with Gasteiger partial charge in [-0.2, -0.15) is 0 Å². The molecule has 2 heterocycles. The van der Waals surface area contributed by atoms with Gasteiger partial charge in [-0.3, -0.25) is 4.40 Å². The number of aromatic nitrogens is 3. The van der Waals surface area contributed by atoms with Crippen molar-refractivity contribution in [3.05, 3.63) is 76.8 Å². The summed E-state index contributed by atoms with van der Waals surface area (Å²) in [6, 6.07) is 22.8. The second-order valence-electron chi connectivity index (χ2n) is 6.22. The summed E-state index contributed by atoms with van der Waals surface area (Å²) in [5.41, 5.74) is 6.25. The molecule has 25 heavy (non-hydrogen) atoms. The Morgan fingerprint density at radius 1 is 0.840 bits per heavy atom. The van der Waals surface area contributed by atoms with Crippen LogP contribution in [0.15, 0.2) is 71.2 Å². The summed E-state index contributed by atoms with van der Waals surface area (Å²) in [6.07, 6.45) is 0. The van der Waals surface area contributed by atoms with Gasteiger partial charge in [-0.1, -0.05) is 57.9 Å². The second kappa shape index (κ2) is 5.39. The zero-order valence-corrected chi connectivity index (χ0v) is 15.2. The predicted molar refractivity (Wildman–Crippen MR) is 106 cm³/mol. The lowest BCUT2D eigenvalue weighted by atomic mass is 10.1. The van der Waals surface area contributed by atoms with E-state index in [1.165, 1.54) is 5.56 Å². The number of hydrogen-bond donors (Lipinski definition) is 0. The highest BCUT2D eigenvalue weighted by atomic mass is 79.9. The molecule has 0 unspecified atom stereocenters. The topological polar surface area (TPSA) is 30.2 Å². The number of hydrogen-bond acceptors (Lipinski definition) is 2. The summed E-state index contributed by atoms with van der Waals surface area (Å²) in [4.78, 5) is 9.86. The van der Waals surface area contributed by atoms with Gasteiger partial charge >= 0.3 is 0 Å². The van der Waals surface area contributed by atoms with Crippen LogP contribution in [-0.2, 0) is 0 Å². The molecule has 0 atom stereocenters. The molecule has 0 spiro atoms. The molecule has 0 aliphatic carbocycles. The van der Waals surface area contributed by atoms with Gasteiger partial charge in [-0.15, -0.1) is 0 Å². The lowest BCUT2D eigenvalue weighted by molar-refractivity contribution is 1.16. The second-order valence-corrected chi connectivity index (χ2v) is 7.14. The fourth-order valence-corrected chi connectivity index (χ4v) is 3.63. The zero-order chi connectivity index (χ0) is 17.0. The Hall–Kier alpha value is -2.72. The third-order valence-corrected chi connectivity index (χ3v) is 5.00. The molecule has 0 radical (unpaired) electrons. The van der Waals surface area contributed by atoms with Crippen LogP contribution in [0.2, 0.25) is 0 Å². The smallest absolute Gasteiger partial charge is 0.149 e. The molecule has 5 aromatic rings. The largest absolute Gasteiger partial charge is 0.276 e. The van der Waals surface area contributed by atoms with E-state index in [2.05, 4.69) is 63.7 Å². The Kier molecular flexibility index (Phi) is 3.15. The number of nitrogens with zero attached hydrogens (tertiary/aromatic N) is 3. The molecule has 3 nitrogen and oxygen atoms in total. The minimum absolute atomic E-state index is 0.915. The van der Waals surface area contributed by atoms with Crippen LogP contribution in [0.5, 0.6) is 0 Å². The van der Waals surface area contributed by atoms with Gasteiger partial charge in [-0.25, -0.2) is 9.97 Å². The quantitative estimate of drug-likeness (QED) is 0.365. The number of fused-ring (bicyclic) bond motifs is 5. The van der Waals surface area contributed by atoms with Crippen LogP contribution in [0, 0.1) is 6.92 Å². The molecular formula is C21H14BrN3. The van der Waals surface area contributed by atoms with Gasteiger partial charge in [0.25, 0.3) is 0 Å². The van der Waals surface area contributed by atoms with E-state index >= 15 is 0 Å². The molecule has 0 saturated carbocycles. The van der Waals surface area contributed by atoms with Gasteiger partial charge in [0, 0.05) is 15.4 Å². The minimum atomic E-state index is 0.915. The molecule has 0 fully saturated rings. The van der Waals surface area contributed by atoms with Crippen LogP contribution < -0.4 is 0 Å². The average molecular weight is 388 g/mol. The maximum absolute atomic E-state index is 4.97. The van der Waals surface area contributed by atoms with Crippen molar-refractivity contribution >= 4 is 43.5 Å². The molecule has 0 N–H and O–H groups in total. The van der Waals surface area contributed by atoms with Gasteiger partial charge < -0.3 is 0 Å². The summed E-state index contributed by atoms with van der Waals surface area (Å²) >= 11 is 3.57. The summed E-state index contributed by atoms with van der Waals surface area (Å²) in [6.45, 7) is 2.09. The van der Waals surface area contributed by atoms with Crippen molar-refractivity contribution in [2.75, 3.05) is 0 Å². The van der Waals surface area contributed by atoms with Gasteiger partial charge in [0.05, 0.1) is 16.6 Å². The highest BCUT2D eigenvalue weighted by Gasteiger charge is 2.15. The van der Waals surface area contributed by atoms with Crippen LogP contribution >= 0.6 is 15.9 Å². The summed E-state index contributed by atoms with van der Waals surface area (Å²) in [5, 5.41) is 1.04. The maximum atomic E-state index is 4.97. The van der Waals surface area contributed by atoms with E-state index in [-0.39, 0.29) is 0 Å². The Bertz CT molecular complexity index is 1250. The lowest BCUT2D eigenvalue weighted by Gasteiger charge is -2.09. The van der Waals surface area contributed by atoms with Gasteiger partial charge in [0.1, 0.15) is 11.5 Å². The van der Waals surface area contributed by atoms with Crippen LogP contribution in [0.1, 0.15) is 5.56 Å². The molecule has 0 amide bonds. The van der Waals surface area contributed by atoms with Gasteiger partial charge in [-0.05, 0) is 37.3 Å². The number of imidazole rings is 1. The third kappa shape index (κ3) is 2.25. The molecule has 5 rings (SSSR count). The molecule has 120 valence electrons. The van der Waals surface area contributed by atoms with Crippen LogP contribution in [0.25, 0.3) is 39.0 Å². The van der Waals surface area contributed by atoms with E-state index in [0.29, 0.717) is 0 Å². The van der Waals surface area contributed by atoms with Crippen molar-refractivity contribution in [1.82, 2.24) is 14.4 Å². The first-order valence-corrected chi connectivity index (χ1v) is 8.93. The Morgan fingerprint density at radius 3 is 2.48 bits per heavy atom. The Balaban J connectivity index is 2.01. The molecule has 4 heteroatoms. The molecule has 3 aromatic carbocycles. The predicted octanol–water partition coefficient (Wildman–Crippen LogP) is 5.77. The standard InChI is InChI=1S/C21H14BrN3/c1-13-6-8-14(9-7-13)20-23-17-11-10-15(22)12-16(17)21-24-18-4-2-3-5-19(18)25(20)21/h2-12H,1H3.